The second-order valence-corrected chi connectivity index (χ2v) is 10.2. The number of amides is 2. The third kappa shape index (κ3) is 5.13. The molecule has 13 heteroatoms. The maximum atomic E-state index is 13.4. The fraction of sp³-hybridized carbons (Fsp3) is 0.269. The van der Waals surface area contributed by atoms with Gasteiger partial charge in [-0.1, -0.05) is 6.07 Å². The Balaban J connectivity index is 1.17. The zero-order valence-corrected chi connectivity index (χ0v) is 22.1. The van der Waals surface area contributed by atoms with Crippen LogP contribution in [0.3, 0.4) is 0 Å². The molecule has 198 valence electrons. The fourth-order valence-corrected chi connectivity index (χ4v) is 5.54. The molecule has 1 saturated heterocycles. The van der Waals surface area contributed by atoms with Gasteiger partial charge in [-0.25, -0.2) is 4.98 Å². The van der Waals surface area contributed by atoms with E-state index in [9.17, 15) is 9.59 Å². The maximum Gasteiger partial charge on any atom is 0.272 e. The van der Waals surface area contributed by atoms with Crippen LogP contribution in [0.5, 0.6) is 0 Å². The molecule has 1 aromatic carbocycles. The number of carbonyl (C=O) groups is 2. The topological polar surface area (TPSA) is 135 Å². The van der Waals surface area contributed by atoms with Crippen molar-refractivity contribution in [2.45, 2.75) is 13.0 Å². The number of hydrogen-bond donors (Lipinski definition) is 1. The second kappa shape index (κ2) is 10.3. The summed E-state index contributed by atoms with van der Waals surface area (Å²) in [5.41, 5.74) is 2.80. The monoisotopic (exact) mass is 543 g/mol. The summed E-state index contributed by atoms with van der Waals surface area (Å²) in [5, 5.41) is 17.5. The van der Waals surface area contributed by atoms with E-state index in [-0.39, 0.29) is 17.9 Å². The van der Waals surface area contributed by atoms with E-state index in [0.29, 0.717) is 65.9 Å². The smallest absolute Gasteiger partial charge is 0.272 e. The van der Waals surface area contributed by atoms with Gasteiger partial charge in [-0.2, -0.15) is 4.80 Å². The highest BCUT2D eigenvalue weighted by Crippen LogP contribution is 2.31. The molecule has 1 aliphatic rings. The molecule has 1 atom stereocenters. The highest BCUT2D eigenvalue weighted by atomic mass is 32.1. The molecule has 0 bridgehead atoms. The number of tetrazole rings is 1. The van der Waals surface area contributed by atoms with Gasteiger partial charge in [0.1, 0.15) is 17.3 Å². The predicted octanol–water partition coefficient (Wildman–Crippen LogP) is 2.98. The lowest BCUT2D eigenvalue weighted by molar-refractivity contribution is -0.114. The van der Waals surface area contributed by atoms with Crippen LogP contribution in [0, 0.1) is 0 Å². The minimum absolute atomic E-state index is 0.109. The van der Waals surface area contributed by atoms with Crippen LogP contribution in [0.2, 0.25) is 0 Å². The van der Waals surface area contributed by atoms with E-state index in [1.807, 2.05) is 16.3 Å². The molecule has 12 nitrogen and oxygen atoms in total. The first-order chi connectivity index (χ1) is 18.9. The van der Waals surface area contributed by atoms with E-state index in [2.05, 4.69) is 41.7 Å². The standard InChI is InChI=1S/C26H25N9O3S/c1-16(36)28-18-5-6-21-19(15-18)29-25(38-21)17-7-8-27-20(14-17)26(37)35-11-9-34(10-12-35)23(22-4-3-13-39-22)24-30-32-33(2)31-24/h3-8,13-15,23H,9-12H2,1-2H3,(H,28,36). The Morgan fingerprint density at radius 3 is 2.67 bits per heavy atom. The van der Waals surface area contributed by atoms with Gasteiger partial charge >= 0.3 is 0 Å². The summed E-state index contributed by atoms with van der Waals surface area (Å²) in [6.07, 6.45) is 1.59. The van der Waals surface area contributed by atoms with Crippen LogP contribution in [0.25, 0.3) is 22.6 Å². The van der Waals surface area contributed by atoms with Crippen LogP contribution in [0.1, 0.15) is 34.2 Å². The summed E-state index contributed by atoms with van der Waals surface area (Å²) in [4.78, 5) is 40.4. The maximum absolute atomic E-state index is 13.4. The summed E-state index contributed by atoms with van der Waals surface area (Å²) in [6.45, 7) is 3.86. The van der Waals surface area contributed by atoms with Crippen LogP contribution in [-0.4, -0.2) is 78.0 Å². The molecule has 0 saturated carbocycles. The number of piperazine rings is 1. The van der Waals surface area contributed by atoms with E-state index in [1.165, 1.54) is 11.7 Å². The van der Waals surface area contributed by atoms with Crippen molar-refractivity contribution < 1.29 is 14.0 Å². The van der Waals surface area contributed by atoms with Gasteiger partial charge in [-0.15, -0.1) is 21.5 Å². The summed E-state index contributed by atoms with van der Waals surface area (Å²) >= 11 is 1.65. The molecule has 39 heavy (non-hydrogen) atoms. The average Bonchev–Trinajstić information content (AvgIpc) is 3.70. The quantitative estimate of drug-likeness (QED) is 0.343. The Kier molecular flexibility index (Phi) is 6.59. The molecule has 5 heterocycles. The van der Waals surface area contributed by atoms with E-state index >= 15 is 0 Å². The highest BCUT2D eigenvalue weighted by molar-refractivity contribution is 7.10. The van der Waals surface area contributed by atoms with Crippen molar-refractivity contribution in [3.8, 4) is 11.5 Å². The van der Waals surface area contributed by atoms with Gasteiger partial charge in [0, 0.05) is 55.4 Å². The van der Waals surface area contributed by atoms with Crippen molar-refractivity contribution in [3.05, 3.63) is 70.4 Å². The van der Waals surface area contributed by atoms with Gasteiger partial charge in [-0.05, 0) is 47.0 Å². The number of carbonyl (C=O) groups excluding carboxylic acids is 2. The number of benzene rings is 1. The number of aromatic nitrogens is 6. The van der Waals surface area contributed by atoms with Crippen molar-refractivity contribution in [2.75, 3.05) is 31.5 Å². The molecule has 1 N–H and O–H groups in total. The molecule has 0 radical (unpaired) electrons. The minimum Gasteiger partial charge on any atom is -0.436 e. The minimum atomic E-state index is -0.163. The Morgan fingerprint density at radius 2 is 1.95 bits per heavy atom. The summed E-state index contributed by atoms with van der Waals surface area (Å²) in [5.74, 6) is 0.715. The van der Waals surface area contributed by atoms with E-state index in [0.717, 1.165) is 4.88 Å². The van der Waals surface area contributed by atoms with E-state index < -0.39 is 0 Å². The van der Waals surface area contributed by atoms with Gasteiger partial charge in [0.05, 0.1) is 7.05 Å². The lowest BCUT2D eigenvalue weighted by Crippen LogP contribution is -2.50. The number of oxazole rings is 1. The molecule has 6 rings (SSSR count). The van der Waals surface area contributed by atoms with Gasteiger partial charge in [0.15, 0.2) is 11.4 Å². The van der Waals surface area contributed by atoms with Crippen LogP contribution < -0.4 is 5.32 Å². The lowest BCUT2D eigenvalue weighted by Gasteiger charge is -2.37. The van der Waals surface area contributed by atoms with Crippen molar-refractivity contribution in [3.63, 3.8) is 0 Å². The molecule has 1 unspecified atom stereocenters. The zero-order chi connectivity index (χ0) is 26.9. The largest absolute Gasteiger partial charge is 0.436 e. The van der Waals surface area contributed by atoms with E-state index in [4.69, 9.17) is 4.42 Å². The number of nitrogens with one attached hydrogen (secondary N) is 1. The number of nitrogens with zero attached hydrogens (tertiary/aromatic N) is 8. The van der Waals surface area contributed by atoms with Crippen molar-refractivity contribution >= 4 is 39.9 Å². The van der Waals surface area contributed by atoms with Crippen LogP contribution in [0.4, 0.5) is 5.69 Å². The summed E-state index contributed by atoms with van der Waals surface area (Å²) < 4.78 is 5.91. The number of rotatable bonds is 6. The summed E-state index contributed by atoms with van der Waals surface area (Å²) in [7, 11) is 1.75. The first-order valence-corrected chi connectivity index (χ1v) is 13.3. The Bertz CT molecular complexity index is 1640. The summed E-state index contributed by atoms with van der Waals surface area (Å²) in [6, 6.07) is 12.7. The predicted molar refractivity (Wildman–Crippen MR) is 144 cm³/mol. The SMILES string of the molecule is CC(=O)Nc1ccc2oc(-c3ccnc(C(=O)N4CCN(C(c5nnn(C)n5)c5cccs5)CC4)c3)nc2c1. The molecule has 1 aliphatic heterocycles. The molecule has 0 aliphatic carbocycles. The lowest BCUT2D eigenvalue weighted by atomic mass is 10.1. The molecular weight excluding hydrogens is 518 g/mol. The van der Waals surface area contributed by atoms with Crippen molar-refractivity contribution in [1.29, 1.82) is 0 Å². The molecule has 4 aromatic heterocycles. The first-order valence-electron chi connectivity index (χ1n) is 12.4. The highest BCUT2D eigenvalue weighted by Gasteiger charge is 2.32. The Morgan fingerprint density at radius 1 is 1.10 bits per heavy atom. The second-order valence-electron chi connectivity index (χ2n) is 9.20. The van der Waals surface area contributed by atoms with Gasteiger partial charge < -0.3 is 14.6 Å². The fourth-order valence-electron chi connectivity index (χ4n) is 4.68. The van der Waals surface area contributed by atoms with E-state index in [1.54, 1.807) is 54.9 Å². The van der Waals surface area contributed by atoms with Crippen LogP contribution in [-0.2, 0) is 11.8 Å². The number of aryl methyl sites for hydroxylation is 1. The number of thiophene rings is 1. The number of anilines is 1. The van der Waals surface area contributed by atoms with Crippen molar-refractivity contribution in [2.24, 2.45) is 7.05 Å². The zero-order valence-electron chi connectivity index (χ0n) is 21.3. The molecule has 5 aromatic rings. The average molecular weight is 544 g/mol. The number of pyridine rings is 1. The van der Waals surface area contributed by atoms with Gasteiger partial charge in [-0.3, -0.25) is 19.5 Å². The normalized spacial score (nSPS) is 15.0. The first kappa shape index (κ1) is 24.8. The number of hydrogen-bond acceptors (Lipinski definition) is 10. The van der Waals surface area contributed by atoms with Crippen molar-refractivity contribution in [1.82, 2.24) is 40.0 Å². The molecular formula is C26H25N9O3S. The molecule has 0 spiro atoms. The third-order valence-corrected chi connectivity index (χ3v) is 7.41. The molecule has 1 fully saturated rings. The third-order valence-electron chi connectivity index (χ3n) is 6.48. The Hall–Kier alpha value is -4.49. The number of fused-ring (bicyclic) bond motifs is 1. The van der Waals surface area contributed by atoms with Gasteiger partial charge in [0.25, 0.3) is 5.91 Å². The molecule has 2 amide bonds. The van der Waals surface area contributed by atoms with Crippen LogP contribution >= 0.6 is 11.3 Å². The van der Waals surface area contributed by atoms with Gasteiger partial charge in [0.2, 0.25) is 11.8 Å². The Labute approximate surface area is 227 Å². The van der Waals surface area contributed by atoms with Crippen LogP contribution in [0.15, 0.2) is 58.5 Å².